The molecule has 5 aromatic carbocycles. The van der Waals surface area contributed by atoms with Crippen LogP contribution in [0.25, 0.3) is 0 Å². The molecule has 0 bridgehead atoms. The summed E-state index contributed by atoms with van der Waals surface area (Å²) in [6.07, 6.45) is -0.721. The molecule has 1 atom stereocenters. The fraction of sp³-hybridized carbons (Fsp3) is 0.0811. The van der Waals surface area contributed by atoms with E-state index in [1.807, 2.05) is 91.0 Å². The van der Waals surface area contributed by atoms with E-state index in [0.29, 0.717) is 16.9 Å². The standard InChI is InChI=1S/C21H18N2O3.C16H16N2O4/c24-20(23-26)17-11-13-18(14-12-17)22-21(25)19(15-7-3-1-4-8-15)16-9-5-2-6-10-16;1-22-14(11-5-3-2-4-6-11)16(20)17-13-9-7-12(8-10-13)15(19)18-21/h1-14,19,26H,(H,22,25)(H,23,24);2-10,14,21H,1H3,(H,17,20)(H,18,19). The van der Waals surface area contributed by atoms with Gasteiger partial charge in [0.25, 0.3) is 17.7 Å². The van der Waals surface area contributed by atoms with Gasteiger partial charge in [0.1, 0.15) is 0 Å². The van der Waals surface area contributed by atoms with Crippen LogP contribution in [-0.2, 0) is 14.3 Å². The Labute approximate surface area is 277 Å². The van der Waals surface area contributed by atoms with E-state index >= 15 is 0 Å². The van der Waals surface area contributed by atoms with Crippen molar-refractivity contribution in [2.75, 3.05) is 17.7 Å². The van der Waals surface area contributed by atoms with E-state index in [1.54, 1.807) is 35.2 Å². The van der Waals surface area contributed by atoms with Crippen molar-refractivity contribution in [2.45, 2.75) is 12.0 Å². The Morgan fingerprint density at radius 2 is 0.854 bits per heavy atom. The molecule has 48 heavy (non-hydrogen) atoms. The van der Waals surface area contributed by atoms with Gasteiger partial charge in [-0.15, -0.1) is 0 Å². The van der Waals surface area contributed by atoms with Gasteiger partial charge in [-0.2, -0.15) is 0 Å². The van der Waals surface area contributed by atoms with E-state index in [2.05, 4.69) is 10.6 Å². The number of anilines is 2. The van der Waals surface area contributed by atoms with Crippen LogP contribution in [0.15, 0.2) is 140 Å². The van der Waals surface area contributed by atoms with Gasteiger partial charge in [0.15, 0.2) is 6.10 Å². The molecule has 5 rings (SSSR count). The zero-order chi connectivity index (χ0) is 34.3. The monoisotopic (exact) mass is 646 g/mol. The number of rotatable bonds is 10. The van der Waals surface area contributed by atoms with E-state index in [9.17, 15) is 19.2 Å². The summed E-state index contributed by atoms with van der Waals surface area (Å²) in [7, 11) is 1.46. The highest BCUT2D eigenvalue weighted by Crippen LogP contribution is 2.26. The summed E-state index contributed by atoms with van der Waals surface area (Å²) >= 11 is 0. The molecular formula is C37H34N4O7. The molecule has 4 amide bonds. The molecule has 0 saturated heterocycles. The van der Waals surface area contributed by atoms with Crippen LogP contribution >= 0.6 is 0 Å². The molecule has 244 valence electrons. The molecule has 1 unspecified atom stereocenters. The van der Waals surface area contributed by atoms with Crippen LogP contribution in [0.5, 0.6) is 0 Å². The number of carbonyl (C=O) groups is 4. The highest BCUT2D eigenvalue weighted by molar-refractivity contribution is 5.99. The minimum absolute atomic E-state index is 0.165. The quantitative estimate of drug-likeness (QED) is 0.0835. The van der Waals surface area contributed by atoms with Gasteiger partial charge in [0.05, 0.1) is 5.92 Å². The lowest BCUT2D eigenvalue weighted by atomic mass is 9.90. The zero-order valence-electron chi connectivity index (χ0n) is 25.9. The fourth-order valence-electron chi connectivity index (χ4n) is 4.77. The normalized spacial score (nSPS) is 10.9. The number of carbonyl (C=O) groups excluding carboxylic acids is 4. The maximum absolute atomic E-state index is 13.0. The molecular weight excluding hydrogens is 612 g/mol. The van der Waals surface area contributed by atoms with Crippen molar-refractivity contribution in [3.63, 3.8) is 0 Å². The van der Waals surface area contributed by atoms with Gasteiger partial charge in [-0.1, -0.05) is 91.0 Å². The molecule has 0 fully saturated rings. The first-order valence-corrected chi connectivity index (χ1v) is 14.7. The first-order chi connectivity index (χ1) is 23.3. The third-order valence-electron chi connectivity index (χ3n) is 7.14. The summed E-state index contributed by atoms with van der Waals surface area (Å²) in [5.41, 5.74) is 7.34. The van der Waals surface area contributed by atoms with E-state index in [-0.39, 0.29) is 17.4 Å². The lowest BCUT2D eigenvalue weighted by Gasteiger charge is -2.18. The summed E-state index contributed by atoms with van der Waals surface area (Å²) in [5, 5.41) is 22.8. The number of methoxy groups -OCH3 is 1. The molecule has 11 heteroatoms. The number of nitrogens with one attached hydrogen (secondary N) is 4. The number of hydroxylamine groups is 2. The molecule has 0 radical (unpaired) electrons. The first-order valence-electron chi connectivity index (χ1n) is 14.7. The summed E-state index contributed by atoms with van der Waals surface area (Å²) in [5.74, 6) is -2.14. The molecule has 0 heterocycles. The van der Waals surface area contributed by atoms with Crippen LogP contribution in [-0.4, -0.2) is 41.2 Å². The number of ether oxygens (including phenoxy) is 1. The van der Waals surface area contributed by atoms with Crippen LogP contribution < -0.4 is 21.6 Å². The largest absolute Gasteiger partial charge is 0.367 e. The van der Waals surface area contributed by atoms with Crippen LogP contribution in [0, 0.1) is 0 Å². The van der Waals surface area contributed by atoms with Gasteiger partial charge in [-0.3, -0.25) is 29.6 Å². The Bertz CT molecular complexity index is 1750. The molecule has 0 aromatic heterocycles. The summed E-state index contributed by atoms with van der Waals surface area (Å²) in [6, 6.07) is 40.7. The van der Waals surface area contributed by atoms with Gasteiger partial charge in [0.2, 0.25) is 5.91 Å². The van der Waals surface area contributed by atoms with Crippen molar-refractivity contribution in [1.29, 1.82) is 0 Å². The van der Waals surface area contributed by atoms with Gasteiger partial charge in [0, 0.05) is 29.6 Å². The third kappa shape index (κ3) is 9.44. The van der Waals surface area contributed by atoms with Gasteiger partial charge >= 0.3 is 0 Å². The minimum Gasteiger partial charge on any atom is -0.367 e. The fourth-order valence-corrected chi connectivity index (χ4v) is 4.77. The minimum atomic E-state index is -0.721. The van der Waals surface area contributed by atoms with E-state index < -0.39 is 23.8 Å². The lowest BCUT2D eigenvalue weighted by molar-refractivity contribution is -0.126. The molecule has 0 aliphatic rings. The van der Waals surface area contributed by atoms with Gasteiger partial charge < -0.3 is 15.4 Å². The molecule has 5 aromatic rings. The Kier molecular flexibility index (Phi) is 12.7. The molecule has 0 saturated carbocycles. The topological polar surface area (TPSA) is 166 Å². The van der Waals surface area contributed by atoms with Crippen LogP contribution in [0.4, 0.5) is 11.4 Å². The summed E-state index contributed by atoms with van der Waals surface area (Å²) in [6.45, 7) is 0. The Morgan fingerprint density at radius 1 is 0.500 bits per heavy atom. The highest BCUT2D eigenvalue weighted by Gasteiger charge is 2.23. The van der Waals surface area contributed by atoms with Crippen molar-refractivity contribution in [1.82, 2.24) is 11.0 Å². The molecule has 6 N–H and O–H groups in total. The molecule has 0 aliphatic carbocycles. The first kappa shape index (κ1) is 34.7. The number of amides is 4. The number of hydrogen-bond acceptors (Lipinski definition) is 7. The average Bonchev–Trinajstić information content (AvgIpc) is 3.13. The van der Waals surface area contributed by atoms with Crippen molar-refractivity contribution in [2.24, 2.45) is 0 Å². The predicted octanol–water partition coefficient (Wildman–Crippen LogP) is 5.71. The number of benzene rings is 5. The number of hydrogen-bond donors (Lipinski definition) is 6. The lowest BCUT2D eigenvalue weighted by Crippen LogP contribution is -2.22. The SMILES string of the molecule is COC(C(=O)Nc1ccc(C(=O)NO)cc1)c1ccccc1.O=C(NO)c1ccc(NC(=O)C(c2ccccc2)c2ccccc2)cc1. The van der Waals surface area contributed by atoms with Crippen LogP contribution in [0.2, 0.25) is 0 Å². The Hall–Kier alpha value is -6.14. The smallest absolute Gasteiger partial charge is 0.274 e. The third-order valence-corrected chi connectivity index (χ3v) is 7.14. The average molecular weight is 647 g/mol. The summed E-state index contributed by atoms with van der Waals surface area (Å²) < 4.78 is 5.24. The maximum atomic E-state index is 13.0. The van der Waals surface area contributed by atoms with Crippen LogP contribution in [0.3, 0.4) is 0 Å². The zero-order valence-corrected chi connectivity index (χ0v) is 25.9. The predicted molar refractivity (Wildman–Crippen MR) is 180 cm³/mol. The van der Waals surface area contributed by atoms with E-state index in [1.165, 1.54) is 31.4 Å². The second-order valence-electron chi connectivity index (χ2n) is 10.3. The van der Waals surface area contributed by atoms with E-state index in [0.717, 1.165) is 16.7 Å². The van der Waals surface area contributed by atoms with Crippen molar-refractivity contribution in [3.05, 3.63) is 167 Å². The molecule has 11 nitrogen and oxygen atoms in total. The molecule has 0 spiro atoms. The van der Waals surface area contributed by atoms with Gasteiger partial charge in [-0.25, -0.2) is 11.0 Å². The second-order valence-corrected chi connectivity index (χ2v) is 10.3. The van der Waals surface area contributed by atoms with Crippen molar-refractivity contribution in [3.8, 4) is 0 Å². The Morgan fingerprint density at radius 3 is 1.21 bits per heavy atom. The Balaban J connectivity index is 0.000000220. The van der Waals surface area contributed by atoms with Crippen molar-refractivity contribution >= 4 is 35.0 Å². The van der Waals surface area contributed by atoms with Gasteiger partial charge in [-0.05, 0) is 65.2 Å². The molecule has 0 aliphatic heterocycles. The maximum Gasteiger partial charge on any atom is 0.274 e. The van der Waals surface area contributed by atoms with Crippen molar-refractivity contribution < 1.29 is 34.3 Å². The second kappa shape index (κ2) is 17.5. The summed E-state index contributed by atoms with van der Waals surface area (Å²) in [4.78, 5) is 47.8. The highest BCUT2D eigenvalue weighted by atomic mass is 16.5. The van der Waals surface area contributed by atoms with Crippen LogP contribution in [0.1, 0.15) is 49.4 Å². The van der Waals surface area contributed by atoms with E-state index in [4.69, 9.17) is 15.2 Å².